The molecule has 0 fully saturated rings. The molecule has 0 aromatic heterocycles. The lowest BCUT2D eigenvalue weighted by molar-refractivity contribution is -0.124. The third-order valence-electron chi connectivity index (χ3n) is 1.81. The molecule has 0 aliphatic carbocycles. The van der Waals surface area contributed by atoms with Gasteiger partial charge in [0.1, 0.15) is 0 Å². The highest BCUT2D eigenvalue weighted by atomic mass is 16.1. The summed E-state index contributed by atoms with van der Waals surface area (Å²) in [4.78, 5) is 11.1. The maximum absolute atomic E-state index is 11.1. The molecule has 0 saturated heterocycles. The quantitative estimate of drug-likeness (QED) is 0.621. The van der Waals surface area contributed by atoms with Crippen molar-refractivity contribution in [2.75, 3.05) is 7.05 Å². The number of nitrogens with one attached hydrogen (secondary N) is 1. The molecule has 0 bridgehead atoms. The molecule has 4 nitrogen and oxygen atoms in total. The molecule has 2 unspecified atom stereocenters. The Kier molecular flexibility index (Phi) is 5.06. The molecule has 3 N–H and O–H groups in total. The molecule has 0 radical (unpaired) electrons. The van der Waals surface area contributed by atoms with Gasteiger partial charge in [-0.05, 0) is 12.8 Å². The molecule has 0 spiro atoms. The number of amides is 1. The van der Waals surface area contributed by atoms with Gasteiger partial charge in [-0.15, -0.1) is 0 Å². The van der Waals surface area contributed by atoms with Crippen molar-refractivity contribution >= 4 is 5.91 Å². The Morgan fingerprint density at radius 1 is 1.75 bits per heavy atom. The molecule has 2 atom stereocenters. The Bertz CT molecular complexity index is 185. The van der Waals surface area contributed by atoms with E-state index in [4.69, 9.17) is 11.0 Å². The van der Waals surface area contributed by atoms with Crippen LogP contribution in [0.15, 0.2) is 0 Å². The Morgan fingerprint density at radius 2 is 2.33 bits per heavy atom. The fraction of sp³-hybridized carbons (Fsp3) is 0.750. The smallest absolute Gasteiger partial charge is 0.222 e. The lowest BCUT2D eigenvalue weighted by atomic mass is 9.97. The highest BCUT2D eigenvalue weighted by Crippen LogP contribution is 2.09. The summed E-state index contributed by atoms with van der Waals surface area (Å²) < 4.78 is 0. The Balaban J connectivity index is 4.01. The predicted octanol–water partition coefficient (Wildman–Crippen LogP) is -0.000420. The molecule has 0 aliphatic rings. The normalized spacial score (nSPS) is 14.5. The van der Waals surface area contributed by atoms with Crippen LogP contribution >= 0.6 is 0 Å². The van der Waals surface area contributed by atoms with E-state index in [-0.39, 0.29) is 11.8 Å². The first-order valence-corrected chi connectivity index (χ1v) is 4.02. The second-order valence-corrected chi connectivity index (χ2v) is 2.69. The lowest BCUT2D eigenvalue weighted by Gasteiger charge is -2.13. The summed E-state index contributed by atoms with van der Waals surface area (Å²) in [5.41, 5.74) is 5.40. The van der Waals surface area contributed by atoms with Gasteiger partial charge in [0.25, 0.3) is 0 Å². The monoisotopic (exact) mass is 169 g/mol. The fourth-order valence-electron chi connectivity index (χ4n) is 1.02. The zero-order valence-electron chi connectivity index (χ0n) is 7.50. The third kappa shape index (κ3) is 3.35. The predicted molar refractivity (Wildman–Crippen MR) is 46.1 cm³/mol. The van der Waals surface area contributed by atoms with Crippen LogP contribution in [0.4, 0.5) is 0 Å². The summed E-state index contributed by atoms with van der Waals surface area (Å²) in [6, 6.07) is 1.37. The average Bonchev–Trinajstić information content (AvgIpc) is 2.12. The zero-order valence-corrected chi connectivity index (χ0v) is 7.50. The molecule has 0 rings (SSSR count). The minimum atomic E-state index is -0.535. The first kappa shape index (κ1) is 10.9. The van der Waals surface area contributed by atoms with Crippen LogP contribution in [-0.2, 0) is 4.79 Å². The first-order chi connectivity index (χ1) is 5.65. The largest absolute Gasteiger partial charge is 0.359 e. The Morgan fingerprint density at radius 3 is 2.67 bits per heavy atom. The molecule has 4 heteroatoms. The second kappa shape index (κ2) is 5.56. The molecule has 0 aliphatic heterocycles. The standard InChI is InChI=1S/C8H15N3O/c1-3-6(8(12)11-2)4-7(10)5-9/h6-7H,3-4,10H2,1-2H3,(H,11,12). The van der Waals surface area contributed by atoms with Gasteiger partial charge in [-0.3, -0.25) is 4.79 Å². The van der Waals surface area contributed by atoms with Crippen LogP contribution in [0.1, 0.15) is 19.8 Å². The molecule has 0 aromatic carbocycles. The van der Waals surface area contributed by atoms with Gasteiger partial charge in [-0.25, -0.2) is 0 Å². The number of hydrogen-bond acceptors (Lipinski definition) is 3. The topological polar surface area (TPSA) is 78.9 Å². The SMILES string of the molecule is CCC(CC(N)C#N)C(=O)NC. The van der Waals surface area contributed by atoms with Crippen molar-refractivity contribution < 1.29 is 4.79 Å². The maximum atomic E-state index is 11.1. The van der Waals surface area contributed by atoms with Crippen LogP contribution < -0.4 is 11.1 Å². The van der Waals surface area contributed by atoms with Gasteiger partial charge in [0.2, 0.25) is 5.91 Å². The number of carbonyl (C=O) groups excluding carboxylic acids is 1. The zero-order chi connectivity index (χ0) is 9.56. The minimum absolute atomic E-state index is 0.0387. The number of nitrogens with two attached hydrogens (primary N) is 1. The average molecular weight is 169 g/mol. The van der Waals surface area contributed by atoms with Crippen molar-refractivity contribution in [1.82, 2.24) is 5.32 Å². The molecule has 0 aromatic rings. The highest BCUT2D eigenvalue weighted by molar-refractivity contribution is 5.78. The van der Waals surface area contributed by atoms with Gasteiger partial charge in [-0.1, -0.05) is 6.92 Å². The first-order valence-electron chi connectivity index (χ1n) is 4.02. The molecule has 0 heterocycles. The van der Waals surface area contributed by atoms with E-state index in [1.54, 1.807) is 7.05 Å². The van der Waals surface area contributed by atoms with E-state index >= 15 is 0 Å². The van der Waals surface area contributed by atoms with Gasteiger partial charge < -0.3 is 11.1 Å². The van der Waals surface area contributed by atoms with E-state index in [0.717, 1.165) is 6.42 Å². The van der Waals surface area contributed by atoms with E-state index in [9.17, 15) is 4.79 Å². The maximum Gasteiger partial charge on any atom is 0.222 e. The number of rotatable bonds is 4. The molecular formula is C8H15N3O. The molecule has 68 valence electrons. The van der Waals surface area contributed by atoms with Gasteiger partial charge in [0.15, 0.2) is 0 Å². The molecular weight excluding hydrogens is 154 g/mol. The van der Waals surface area contributed by atoms with E-state index in [0.29, 0.717) is 6.42 Å². The number of nitriles is 1. The summed E-state index contributed by atoms with van der Waals surface area (Å²) in [6.07, 6.45) is 1.15. The summed E-state index contributed by atoms with van der Waals surface area (Å²) in [7, 11) is 1.59. The van der Waals surface area contributed by atoms with E-state index in [2.05, 4.69) is 5.32 Å². The van der Waals surface area contributed by atoms with Crippen LogP contribution in [0.2, 0.25) is 0 Å². The van der Waals surface area contributed by atoms with Crippen LogP contribution in [0.3, 0.4) is 0 Å². The Labute approximate surface area is 72.7 Å². The van der Waals surface area contributed by atoms with Gasteiger partial charge in [0, 0.05) is 13.0 Å². The van der Waals surface area contributed by atoms with Crippen LogP contribution in [-0.4, -0.2) is 19.0 Å². The Hall–Kier alpha value is -1.08. The summed E-state index contributed by atoms with van der Waals surface area (Å²) >= 11 is 0. The van der Waals surface area contributed by atoms with Crippen molar-refractivity contribution in [2.45, 2.75) is 25.8 Å². The van der Waals surface area contributed by atoms with Gasteiger partial charge >= 0.3 is 0 Å². The summed E-state index contributed by atoms with van der Waals surface area (Å²) in [5, 5.41) is 11.0. The van der Waals surface area contributed by atoms with Crippen molar-refractivity contribution in [2.24, 2.45) is 11.7 Å². The fourth-order valence-corrected chi connectivity index (χ4v) is 1.02. The third-order valence-corrected chi connectivity index (χ3v) is 1.81. The molecule has 1 amide bonds. The number of nitrogens with zero attached hydrogens (tertiary/aromatic N) is 1. The second-order valence-electron chi connectivity index (χ2n) is 2.69. The van der Waals surface area contributed by atoms with E-state index < -0.39 is 6.04 Å². The van der Waals surface area contributed by atoms with Crippen molar-refractivity contribution in [3.05, 3.63) is 0 Å². The van der Waals surface area contributed by atoms with Crippen molar-refractivity contribution in [3.63, 3.8) is 0 Å². The van der Waals surface area contributed by atoms with Crippen LogP contribution in [0.25, 0.3) is 0 Å². The van der Waals surface area contributed by atoms with E-state index in [1.807, 2.05) is 13.0 Å². The van der Waals surface area contributed by atoms with Gasteiger partial charge in [-0.2, -0.15) is 5.26 Å². The molecule has 12 heavy (non-hydrogen) atoms. The number of hydrogen-bond donors (Lipinski definition) is 2. The highest BCUT2D eigenvalue weighted by Gasteiger charge is 2.17. The summed E-state index contributed by atoms with van der Waals surface area (Å²) in [6.45, 7) is 1.91. The van der Waals surface area contributed by atoms with Crippen LogP contribution in [0.5, 0.6) is 0 Å². The summed E-state index contributed by atoms with van der Waals surface area (Å²) in [5.74, 6) is -0.173. The van der Waals surface area contributed by atoms with Crippen molar-refractivity contribution in [1.29, 1.82) is 5.26 Å². The lowest BCUT2D eigenvalue weighted by Crippen LogP contribution is -2.32. The van der Waals surface area contributed by atoms with Crippen molar-refractivity contribution in [3.8, 4) is 6.07 Å². The van der Waals surface area contributed by atoms with E-state index in [1.165, 1.54) is 0 Å². The minimum Gasteiger partial charge on any atom is -0.359 e. The van der Waals surface area contributed by atoms with Gasteiger partial charge in [0.05, 0.1) is 12.1 Å². The molecule has 0 saturated carbocycles. The number of carbonyl (C=O) groups is 1. The van der Waals surface area contributed by atoms with Crippen LogP contribution in [0, 0.1) is 17.2 Å².